The van der Waals surface area contributed by atoms with Crippen LogP contribution >= 0.6 is 35.5 Å². The first-order chi connectivity index (χ1) is 13.8. The second-order valence-corrected chi connectivity index (χ2v) is 7.43. The van der Waals surface area contributed by atoms with E-state index in [1.165, 1.54) is 22.3 Å². The molecule has 7 nitrogen and oxygen atoms in total. The highest BCUT2D eigenvalue weighted by Crippen LogP contribution is 2.19. The first-order valence-electron chi connectivity index (χ1n) is 9.64. The molecule has 1 saturated heterocycles. The molecule has 0 radical (unpaired) electrons. The van der Waals surface area contributed by atoms with E-state index in [1.807, 2.05) is 19.3 Å². The monoisotopic (exact) mass is 523 g/mol. The van der Waals surface area contributed by atoms with Crippen molar-refractivity contribution in [1.29, 1.82) is 0 Å². The molecule has 2 aromatic heterocycles. The molecule has 0 bridgehead atoms. The fourth-order valence-corrected chi connectivity index (χ4v) is 4.25. The maximum Gasteiger partial charge on any atom is 0.205 e. The Balaban J connectivity index is 0.00000240. The molecule has 1 aliphatic heterocycles. The molecule has 0 saturated carbocycles. The van der Waals surface area contributed by atoms with Crippen molar-refractivity contribution in [3.8, 4) is 0 Å². The second-order valence-electron chi connectivity index (χ2n) is 6.70. The van der Waals surface area contributed by atoms with Crippen molar-refractivity contribution < 1.29 is 0 Å². The minimum absolute atomic E-state index is 0. The van der Waals surface area contributed by atoms with Crippen LogP contribution in [0.25, 0.3) is 10.8 Å². The van der Waals surface area contributed by atoms with E-state index in [0.717, 1.165) is 55.2 Å². The second kappa shape index (κ2) is 10.1. The highest BCUT2D eigenvalue weighted by Gasteiger charge is 2.22. The molecule has 154 valence electrons. The molecule has 3 heterocycles. The molecule has 1 aliphatic rings. The van der Waals surface area contributed by atoms with E-state index >= 15 is 0 Å². The number of aliphatic imine (C=N–C) groups is 1. The van der Waals surface area contributed by atoms with E-state index in [4.69, 9.17) is 0 Å². The number of halogens is 1. The number of fused-ring (bicyclic) bond motifs is 1. The van der Waals surface area contributed by atoms with E-state index < -0.39 is 0 Å². The molecule has 29 heavy (non-hydrogen) atoms. The van der Waals surface area contributed by atoms with Crippen LogP contribution in [0.15, 0.2) is 41.5 Å². The maximum atomic E-state index is 4.61. The number of guanidine groups is 1. The number of aryl methyl sites for hydroxylation is 1. The summed E-state index contributed by atoms with van der Waals surface area (Å²) in [5, 5.41) is 6.90. The van der Waals surface area contributed by atoms with Crippen LogP contribution < -0.4 is 10.2 Å². The topological polar surface area (TPSA) is 69.5 Å². The number of piperazine rings is 1. The number of nitrogens with one attached hydrogen (secondary N) is 1. The number of anilines is 1. The van der Waals surface area contributed by atoms with Crippen molar-refractivity contribution >= 4 is 57.4 Å². The van der Waals surface area contributed by atoms with E-state index in [0.29, 0.717) is 6.54 Å². The fraction of sp³-hybridized carbons (Fsp3) is 0.400. The van der Waals surface area contributed by atoms with Crippen molar-refractivity contribution in [3.63, 3.8) is 0 Å². The van der Waals surface area contributed by atoms with Crippen LogP contribution in [0.2, 0.25) is 0 Å². The average molecular weight is 523 g/mol. The Morgan fingerprint density at radius 1 is 1.17 bits per heavy atom. The van der Waals surface area contributed by atoms with Crippen LogP contribution in [0.1, 0.15) is 18.4 Å². The molecule has 0 aliphatic carbocycles. The lowest BCUT2D eigenvalue weighted by atomic mass is 10.1. The fourth-order valence-electron chi connectivity index (χ4n) is 3.44. The quantitative estimate of drug-likeness (QED) is 0.322. The normalized spacial score (nSPS) is 14.8. The number of rotatable bonds is 4. The number of nitrogens with zero attached hydrogens (tertiary/aromatic N) is 6. The minimum Gasteiger partial charge on any atom is -0.351 e. The van der Waals surface area contributed by atoms with Gasteiger partial charge < -0.3 is 15.1 Å². The van der Waals surface area contributed by atoms with Crippen LogP contribution in [0.5, 0.6) is 0 Å². The number of hydrogen-bond donors (Lipinski definition) is 1. The zero-order chi connectivity index (χ0) is 19.3. The van der Waals surface area contributed by atoms with Gasteiger partial charge in [0, 0.05) is 62.8 Å². The molecule has 1 fully saturated rings. The Labute approximate surface area is 192 Å². The average Bonchev–Trinajstić information content (AvgIpc) is 3.24. The Hall–Kier alpha value is -2.01. The third-order valence-electron chi connectivity index (χ3n) is 5.01. The Morgan fingerprint density at radius 3 is 2.69 bits per heavy atom. The lowest BCUT2D eigenvalue weighted by Crippen LogP contribution is -2.52. The highest BCUT2D eigenvalue weighted by atomic mass is 127. The van der Waals surface area contributed by atoms with Crippen molar-refractivity contribution in [1.82, 2.24) is 24.6 Å². The first kappa shape index (κ1) is 21.7. The van der Waals surface area contributed by atoms with Crippen molar-refractivity contribution in [3.05, 3.63) is 48.0 Å². The van der Waals surface area contributed by atoms with Gasteiger partial charge in [0.1, 0.15) is 5.82 Å². The third-order valence-corrected chi connectivity index (χ3v) is 5.82. The number of aromatic nitrogens is 3. The van der Waals surface area contributed by atoms with Gasteiger partial charge in [-0.1, -0.05) is 31.2 Å². The minimum atomic E-state index is 0. The van der Waals surface area contributed by atoms with Gasteiger partial charge in [-0.05, 0) is 11.5 Å². The van der Waals surface area contributed by atoms with E-state index in [1.54, 1.807) is 0 Å². The van der Waals surface area contributed by atoms with Crippen molar-refractivity contribution in [2.75, 3.05) is 38.1 Å². The Bertz CT molecular complexity index is 961. The number of benzene rings is 1. The number of hydrogen-bond acceptors (Lipinski definition) is 6. The van der Waals surface area contributed by atoms with E-state index in [2.05, 4.69) is 65.6 Å². The van der Waals surface area contributed by atoms with E-state index in [-0.39, 0.29) is 24.0 Å². The predicted octanol–water partition coefficient (Wildman–Crippen LogP) is 3.16. The molecule has 4 rings (SSSR count). The molecule has 0 unspecified atom stereocenters. The number of pyridine rings is 1. The van der Waals surface area contributed by atoms with Crippen molar-refractivity contribution in [2.45, 2.75) is 19.9 Å². The summed E-state index contributed by atoms with van der Waals surface area (Å²) in [7, 11) is 1.84. The molecule has 9 heteroatoms. The van der Waals surface area contributed by atoms with Gasteiger partial charge in [-0.25, -0.2) is 4.98 Å². The summed E-state index contributed by atoms with van der Waals surface area (Å²) in [6, 6.07) is 10.4. The van der Waals surface area contributed by atoms with Crippen LogP contribution in [-0.2, 0) is 13.0 Å². The molecular weight excluding hydrogens is 497 g/mol. The summed E-state index contributed by atoms with van der Waals surface area (Å²) in [5.74, 6) is 1.85. The Kier molecular flexibility index (Phi) is 7.59. The van der Waals surface area contributed by atoms with Gasteiger partial charge in [-0.3, -0.25) is 9.98 Å². The Morgan fingerprint density at radius 2 is 1.97 bits per heavy atom. The predicted molar refractivity (Wildman–Crippen MR) is 130 cm³/mol. The molecular formula is C20H26IN7S. The van der Waals surface area contributed by atoms with Gasteiger partial charge in [0.25, 0.3) is 0 Å². The summed E-state index contributed by atoms with van der Waals surface area (Å²) < 4.78 is 4.40. The molecule has 1 aromatic carbocycles. The molecule has 0 spiro atoms. The summed E-state index contributed by atoms with van der Waals surface area (Å²) >= 11 is 1.50. The van der Waals surface area contributed by atoms with Gasteiger partial charge in [0.2, 0.25) is 5.13 Å². The molecule has 0 atom stereocenters. The summed E-state index contributed by atoms with van der Waals surface area (Å²) in [6.45, 7) is 6.40. The van der Waals surface area contributed by atoms with Gasteiger partial charge in [-0.15, -0.1) is 24.0 Å². The maximum absolute atomic E-state index is 4.61. The van der Waals surface area contributed by atoms with Gasteiger partial charge in [-0.2, -0.15) is 4.37 Å². The van der Waals surface area contributed by atoms with Crippen LogP contribution in [0.3, 0.4) is 0 Å². The zero-order valence-electron chi connectivity index (χ0n) is 16.7. The third kappa shape index (κ3) is 4.95. The first-order valence-corrected chi connectivity index (χ1v) is 10.4. The summed E-state index contributed by atoms with van der Waals surface area (Å²) in [6.07, 6.45) is 2.75. The van der Waals surface area contributed by atoms with Crippen LogP contribution in [0, 0.1) is 0 Å². The smallest absolute Gasteiger partial charge is 0.205 e. The molecule has 3 aromatic rings. The zero-order valence-corrected chi connectivity index (χ0v) is 19.9. The highest BCUT2D eigenvalue weighted by molar-refractivity contribution is 14.0. The summed E-state index contributed by atoms with van der Waals surface area (Å²) in [4.78, 5) is 18.3. The molecule has 0 amide bonds. The van der Waals surface area contributed by atoms with Gasteiger partial charge in [0.15, 0.2) is 5.96 Å². The van der Waals surface area contributed by atoms with Gasteiger partial charge >= 0.3 is 0 Å². The molecule has 1 N–H and O–H groups in total. The largest absolute Gasteiger partial charge is 0.351 e. The lowest BCUT2D eigenvalue weighted by Gasteiger charge is -2.36. The summed E-state index contributed by atoms with van der Waals surface area (Å²) in [5.41, 5.74) is 1.04. The van der Waals surface area contributed by atoms with Crippen molar-refractivity contribution in [2.24, 2.45) is 4.99 Å². The lowest BCUT2D eigenvalue weighted by molar-refractivity contribution is 0.372. The van der Waals surface area contributed by atoms with E-state index in [9.17, 15) is 0 Å². The van der Waals surface area contributed by atoms with Crippen LogP contribution in [-0.4, -0.2) is 58.4 Å². The SMILES string of the molecule is CCc1nsc(N2CCN(C(=NC)NCc3nccc4ccccc34)CC2)n1.I. The van der Waals surface area contributed by atoms with Crippen LogP contribution in [0.4, 0.5) is 5.13 Å². The standard InChI is InChI=1S/C20H25N7S.HI/c1-3-18-24-20(28-25-18)27-12-10-26(11-13-27)19(21-2)23-14-17-16-7-5-4-6-15(16)8-9-22-17;/h4-9H,3,10-14H2,1-2H3,(H,21,23);1H. The van der Waals surface area contributed by atoms with Gasteiger partial charge in [0.05, 0.1) is 12.2 Å².